The number of fused-ring (bicyclic) bond motifs is 1. The van der Waals surface area contributed by atoms with Crippen LogP contribution in [0.2, 0.25) is 0 Å². The predicted octanol–water partition coefficient (Wildman–Crippen LogP) is 4.45. The maximum atomic E-state index is 13.2. The lowest BCUT2D eigenvalue weighted by atomic mass is 10.1. The van der Waals surface area contributed by atoms with Crippen molar-refractivity contribution in [2.24, 2.45) is 0 Å². The Morgan fingerprint density at radius 1 is 1.00 bits per heavy atom. The minimum Gasteiger partial charge on any atom is -0.497 e. The number of nitrogens with zero attached hydrogens (tertiary/aromatic N) is 1. The number of hydrogen-bond donors (Lipinski definition) is 1. The number of rotatable bonds is 6. The fraction of sp³-hybridized carbons (Fsp3) is 0.259. The molecule has 0 saturated heterocycles. The van der Waals surface area contributed by atoms with Gasteiger partial charge in [0.05, 0.1) is 13.5 Å². The first-order chi connectivity index (χ1) is 15.4. The third kappa shape index (κ3) is 4.67. The van der Waals surface area contributed by atoms with Gasteiger partial charge in [-0.2, -0.15) is 0 Å². The van der Waals surface area contributed by atoms with E-state index < -0.39 is 0 Å². The van der Waals surface area contributed by atoms with Crippen LogP contribution in [0.4, 0.5) is 5.69 Å². The molecule has 0 aromatic heterocycles. The molecule has 3 aromatic carbocycles. The number of aryl methyl sites for hydroxylation is 1. The van der Waals surface area contributed by atoms with Crippen LogP contribution in [-0.2, 0) is 24.2 Å². The van der Waals surface area contributed by atoms with Gasteiger partial charge in [0.15, 0.2) is 0 Å². The normalized spacial score (nSPS) is 14.7. The summed E-state index contributed by atoms with van der Waals surface area (Å²) >= 11 is 0. The Labute approximate surface area is 189 Å². The summed E-state index contributed by atoms with van der Waals surface area (Å²) < 4.78 is 5.20. The molecule has 5 nitrogen and oxygen atoms in total. The molecule has 4 rings (SSSR count). The molecule has 2 amide bonds. The quantitative estimate of drug-likeness (QED) is 0.631. The molecule has 0 fully saturated rings. The van der Waals surface area contributed by atoms with E-state index in [1.54, 1.807) is 31.4 Å². The Balaban J connectivity index is 1.45. The van der Waals surface area contributed by atoms with E-state index >= 15 is 0 Å². The molecule has 0 unspecified atom stereocenters. The zero-order valence-electron chi connectivity index (χ0n) is 18.7. The van der Waals surface area contributed by atoms with Gasteiger partial charge in [0.25, 0.3) is 5.91 Å². The Morgan fingerprint density at radius 2 is 1.69 bits per heavy atom. The molecule has 3 aromatic rings. The summed E-state index contributed by atoms with van der Waals surface area (Å²) in [6.07, 6.45) is 1.17. The van der Waals surface area contributed by atoms with Crippen molar-refractivity contribution in [3.63, 3.8) is 0 Å². The summed E-state index contributed by atoms with van der Waals surface area (Å²) in [6, 6.07) is 21.4. The molecule has 0 radical (unpaired) electrons. The van der Waals surface area contributed by atoms with E-state index in [2.05, 4.69) is 18.3 Å². The van der Waals surface area contributed by atoms with E-state index in [9.17, 15) is 9.59 Å². The summed E-state index contributed by atoms with van der Waals surface area (Å²) in [4.78, 5) is 27.5. The number of ether oxygens (including phenoxy) is 1. The summed E-state index contributed by atoms with van der Waals surface area (Å²) in [5.41, 5.74) is 5.84. The number of nitrogens with one attached hydrogen (secondary N) is 1. The van der Waals surface area contributed by atoms with Gasteiger partial charge in [-0.3, -0.25) is 9.59 Å². The van der Waals surface area contributed by atoms with Crippen LogP contribution < -0.4 is 15.0 Å². The Bertz CT molecular complexity index is 1120. The highest BCUT2D eigenvalue weighted by Gasteiger charge is 2.31. The van der Waals surface area contributed by atoms with Crippen LogP contribution in [-0.4, -0.2) is 25.0 Å². The van der Waals surface area contributed by atoms with E-state index in [1.165, 1.54) is 5.56 Å². The highest BCUT2D eigenvalue weighted by Crippen LogP contribution is 2.34. The second kappa shape index (κ2) is 9.27. The third-order valence-electron chi connectivity index (χ3n) is 5.90. The zero-order valence-corrected chi connectivity index (χ0v) is 18.7. The van der Waals surface area contributed by atoms with Crippen molar-refractivity contribution in [2.75, 3.05) is 12.0 Å². The molecule has 0 spiro atoms. The van der Waals surface area contributed by atoms with Crippen molar-refractivity contribution in [1.29, 1.82) is 0 Å². The van der Waals surface area contributed by atoms with Crippen molar-refractivity contribution >= 4 is 17.5 Å². The molecule has 1 aliphatic heterocycles. The Morgan fingerprint density at radius 3 is 2.38 bits per heavy atom. The predicted molar refractivity (Wildman–Crippen MR) is 126 cm³/mol. The SMILES string of the molecule is COc1ccc(C(=O)N2c3cc(CNC(=O)Cc4ccc(C)cc4)ccc3C[C@@H]2C)cc1. The van der Waals surface area contributed by atoms with Crippen molar-refractivity contribution in [3.05, 3.63) is 94.5 Å². The first-order valence-electron chi connectivity index (χ1n) is 10.9. The number of hydrogen-bond acceptors (Lipinski definition) is 3. The van der Waals surface area contributed by atoms with Gasteiger partial charge < -0.3 is 15.0 Å². The second-order valence-corrected chi connectivity index (χ2v) is 8.36. The smallest absolute Gasteiger partial charge is 0.258 e. The van der Waals surface area contributed by atoms with Crippen LogP contribution in [0.3, 0.4) is 0 Å². The molecule has 1 N–H and O–H groups in total. The minimum atomic E-state index is -0.0283. The minimum absolute atomic E-state index is 0.0196. The van der Waals surface area contributed by atoms with Crippen molar-refractivity contribution in [2.45, 2.75) is 39.3 Å². The van der Waals surface area contributed by atoms with Crippen LogP contribution in [0.25, 0.3) is 0 Å². The van der Waals surface area contributed by atoms with Crippen LogP contribution in [0.1, 0.15) is 39.5 Å². The van der Waals surface area contributed by atoms with Crippen molar-refractivity contribution in [3.8, 4) is 5.75 Å². The average Bonchev–Trinajstić information content (AvgIpc) is 3.13. The van der Waals surface area contributed by atoms with Gasteiger partial charge in [0.2, 0.25) is 5.91 Å². The summed E-state index contributed by atoms with van der Waals surface area (Å²) in [5, 5.41) is 3.00. The maximum absolute atomic E-state index is 13.2. The van der Waals surface area contributed by atoms with Gasteiger partial charge in [-0.1, -0.05) is 42.0 Å². The number of benzene rings is 3. The van der Waals surface area contributed by atoms with Gasteiger partial charge in [-0.15, -0.1) is 0 Å². The summed E-state index contributed by atoms with van der Waals surface area (Å²) in [7, 11) is 1.61. The van der Waals surface area contributed by atoms with E-state index in [0.717, 1.165) is 34.5 Å². The van der Waals surface area contributed by atoms with E-state index in [-0.39, 0.29) is 17.9 Å². The summed E-state index contributed by atoms with van der Waals surface area (Å²) in [6.45, 7) is 4.52. The van der Waals surface area contributed by atoms with Crippen LogP contribution >= 0.6 is 0 Å². The molecule has 164 valence electrons. The second-order valence-electron chi connectivity index (χ2n) is 8.36. The fourth-order valence-electron chi connectivity index (χ4n) is 4.10. The lowest BCUT2D eigenvalue weighted by molar-refractivity contribution is -0.120. The van der Waals surface area contributed by atoms with Crippen molar-refractivity contribution in [1.82, 2.24) is 5.32 Å². The van der Waals surface area contributed by atoms with Gasteiger partial charge >= 0.3 is 0 Å². The largest absolute Gasteiger partial charge is 0.497 e. The van der Waals surface area contributed by atoms with E-state index in [4.69, 9.17) is 4.74 Å². The molecule has 0 bridgehead atoms. The number of anilines is 1. The van der Waals surface area contributed by atoms with Crippen molar-refractivity contribution < 1.29 is 14.3 Å². The Kier molecular flexibility index (Phi) is 6.26. The van der Waals surface area contributed by atoms with Gasteiger partial charge in [0.1, 0.15) is 5.75 Å². The molecular weight excluding hydrogens is 400 g/mol. The number of amides is 2. The number of carbonyl (C=O) groups excluding carboxylic acids is 2. The molecule has 1 aliphatic rings. The first kappa shape index (κ1) is 21.6. The third-order valence-corrected chi connectivity index (χ3v) is 5.90. The van der Waals surface area contributed by atoms with Gasteiger partial charge in [-0.25, -0.2) is 0 Å². The fourth-order valence-corrected chi connectivity index (χ4v) is 4.10. The lowest BCUT2D eigenvalue weighted by Crippen LogP contribution is -2.35. The van der Waals surface area contributed by atoms with E-state index in [0.29, 0.717) is 18.5 Å². The molecule has 0 aliphatic carbocycles. The van der Waals surface area contributed by atoms with Crippen LogP contribution in [0.15, 0.2) is 66.7 Å². The molecule has 32 heavy (non-hydrogen) atoms. The van der Waals surface area contributed by atoms with E-state index in [1.807, 2.05) is 48.2 Å². The zero-order chi connectivity index (χ0) is 22.7. The lowest BCUT2D eigenvalue weighted by Gasteiger charge is -2.23. The monoisotopic (exact) mass is 428 g/mol. The molecular formula is C27H28N2O3. The van der Waals surface area contributed by atoms with Gasteiger partial charge in [0, 0.05) is 23.8 Å². The van der Waals surface area contributed by atoms with Crippen LogP contribution in [0.5, 0.6) is 5.75 Å². The standard InChI is InChI=1S/C27H28N2O3/c1-18-4-6-20(7-5-18)16-26(30)28-17-21-8-9-23-14-19(2)29(25(23)15-21)27(31)22-10-12-24(32-3)13-11-22/h4-13,15,19H,14,16-17H2,1-3H3,(H,28,30)/t19-/m0/s1. The molecule has 0 saturated carbocycles. The highest BCUT2D eigenvalue weighted by atomic mass is 16.5. The maximum Gasteiger partial charge on any atom is 0.258 e. The molecule has 5 heteroatoms. The average molecular weight is 429 g/mol. The molecule has 1 atom stereocenters. The Hall–Kier alpha value is -3.60. The molecule has 1 heterocycles. The number of carbonyl (C=O) groups is 2. The number of methoxy groups -OCH3 is 1. The van der Waals surface area contributed by atoms with Crippen LogP contribution in [0, 0.1) is 6.92 Å². The first-order valence-corrected chi connectivity index (χ1v) is 10.9. The highest BCUT2D eigenvalue weighted by molar-refractivity contribution is 6.07. The van der Waals surface area contributed by atoms with Gasteiger partial charge in [-0.05, 0) is 67.3 Å². The summed E-state index contributed by atoms with van der Waals surface area (Å²) in [5.74, 6) is 0.674. The topological polar surface area (TPSA) is 58.6 Å².